The van der Waals surface area contributed by atoms with Gasteiger partial charge < -0.3 is 10.3 Å². The predicted octanol–water partition coefficient (Wildman–Crippen LogP) is 2.59. The molecule has 5 nitrogen and oxygen atoms in total. The second-order valence-electron chi connectivity index (χ2n) is 5.43. The van der Waals surface area contributed by atoms with Crippen LogP contribution in [0.3, 0.4) is 0 Å². The van der Waals surface area contributed by atoms with E-state index in [0.717, 1.165) is 28.8 Å². The molecular formula is C13H19N5. The summed E-state index contributed by atoms with van der Waals surface area (Å²) in [6, 6.07) is 0.512. The maximum Gasteiger partial charge on any atom is 0.182 e. The molecule has 1 aliphatic rings. The van der Waals surface area contributed by atoms with E-state index in [0.29, 0.717) is 6.04 Å². The molecular weight excluding hydrogens is 226 g/mol. The van der Waals surface area contributed by atoms with E-state index < -0.39 is 0 Å². The van der Waals surface area contributed by atoms with Crippen LogP contribution >= 0.6 is 0 Å². The van der Waals surface area contributed by atoms with E-state index in [1.807, 2.05) is 0 Å². The van der Waals surface area contributed by atoms with Gasteiger partial charge in [-0.25, -0.2) is 15.0 Å². The van der Waals surface area contributed by atoms with Gasteiger partial charge in [0.05, 0.1) is 6.33 Å². The van der Waals surface area contributed by atoms with E-state index in [1.165, 1.54) is 19.3 Å². The summed E-state index contributed by atoms with van der Waals surface area (Å²) >= 11 is 0. The third-order valence-corrected chi connectivity index (χ3v) is 4.16. The highest BCUT2D eigenvalue weighted by atomic mass is 15.1. The lowest BCUT2D eigenvalue weighted by atomic mass is 9.79. The number of hydrogen-bond acceptors (Lipinski definition) is 4. The fourth-order valence-corrected chi connectivity index (χ4v) is 2.75. The minimum atomic E-state index is 0.512. The van der Waals surface area contributed by atoms with Gasteiger partial charge in [0, 0.05) is 6.04 Å². The number of fused-ring (bicyclic) bond motifs is 1. The van der Waals surface area contributed by atoms with Gasteiger partial charge in [-0.3, -0.25) is 0 Å². The minimum absolute atomic E-state index is 0.512. The van der Waals surface area contributed by atoms with Crippen LogP contribution in [0.5, 0.6) is 0 Å². The Balaban J connectivity index is 1.78. The number of imidazole rings is 1. The third-order valence-electron chi connectivity index (χ3n) is 4.16. The Bertz CT molecular complexity index is 535. The van der Waals surface area contributed by atoms with E-state index >= 15 is 0 Å². The lowest BCUT2D eigenvalue weighted by molar-refractivity contribution is 0.260. The van der Waals surface area contributed by atoms with Gasteiger partial charge in [0.25, 0.3) is 0 Å². The lowest BCUT2D eigenvalue weighted by Gasteiger charge is -2.32. The van der Waals surface area contributed by atoms with Gasteiger partial charge in [-0.2, -0.15) is 0 Å². The smallest absolute Gasteiger partial charge is 0.182 e. The summed E-state index contributed by atoms with van der Waals surface area (Å²) in [5, 5.41) is 3.54. The Morgan fingerprint density at radius 2 is 2.06 bits per heavy atom. The van der Waals surface area contributed by atoms with Crippen LogP contribution in [-0.4, -0.2) is 26.0 Å². The number of hydrogen-bond donors (Lipinski definition) is 2. The molecule has 0 aromatic carbocycles. The molecule has 0 bridgehead atoms. The van der Waals surface area contributed by atoms with E-state index in [1.54, 1.807) is 12.7 Å². The first-order valence-electron chi connectivity index (χ1n) is 6.64. The number of nitrogens with zero attached hydrogens (tertiary/aromatic N) is 3. The maximum absolute atomic E-state index is 4.32. The van der Waals surface area contributed by atoms with E-state index in [2.05, 4.69) is 39.1 Å². The standard InChI is InChI=1S/C13H19N5/c1-8-3-4-10(5-9(8)2)18-13-11-12(15-6-14-11)16-7-17-13/h6-10H,3-5H2,1-2H3,(H2,14,15,16,17,18). The molecule has 1 saturated carbocycles. The van der Waals surface area contributed by atoms with E-state index in [9.17, 15) is 0 Å². The summed E-state index contributed by atoms with van der Waals surface area (Å²) in [6.45, 7) is 4.68. The molecule has 0 amide bonds. The van der Waals surface area contributed by atoms with Crippen LogP contribution in [0.25, 0.3) is 11.2 Å². The largest absolute Gasteiger partial charge is 0.365 e. The first-order chi connectivity index (χ1) is 8.74. The van der Waals surface area contributed by atoms with Crippen molar-refractivity contribution in [2.75, 3.05) is 5.32 Å². The molecule has 96 valence electrons. The average Bonchev–Trinajstić information content (AvgIpc) is 2.83. The van der Waals surface area contributed by atoms with Crippen LogP contribution in [0.4, 0.5) is 5.82 Å². The molecule has 0 radical (unpaired) electrons. The van der Waals surface area contributed by atoms with Gasteiger partial charge in [-0.1, -0.05) is 13.8 Å². The monoisotopic (exact) mass is 245 g/mol. The van der Waals surface area contributed by atoms with Crippen molar-refractivity contribution >= 4 is 17.0 Å². The summed E-state index contributed by atoms with van der Waals surface area (Å²) in [5.74, 6) is 2.49. The minimum Gasteiger partial charge on any atom is -0.365 e. The highest BCUT2D eigenvalue weighted by Gasteiger charge is 2.25. The van der Waals surface area contributed by atoms with Gasteiger partial charge in [-0.15, -0.1) is 0 Å². The van der Waals surface area contributed by atoms with Crippen molar-refractivity contribution in [3.8, 4) is 0 Å². The van der Waals surface area contributed by atoms with Crippen molar-refractivity contribution in [3.05, 3.63) is 12.7 Å². The first kappa shape index (κ1) is 11.4. The topological polar surface area (TPSA) is 66.5 Å². The average molecular weight is 245 g/mol. The maximum atomic E-state index is 4.32. The molecule has 2 N–H and O–H groups in total. The second kappa shape index (κ2) is 4.55. The summed E-state index contributed by atoms with van der Waals surface area (Å²) in [5.41, 5.74) is 1.63. The fourth-order valence-electron chi connectivity index (χ4n) is 2.75. The van der Waals surface area contributed by atoms with Crippen LogP contribution in [-0.2, 0) is 0 Å². The highest BCUT2D eigenvalue weighted by Crippen LogP contribution is 2.31. The molecule has 0 saturated heterocycles. The van der Waals surface area contributed by atoms with Crippen molar-refractivity contribution in [1.82, 2.24) is 19.9 Å². The number of H-pyrrole nitrogens is 1. The second-order valence-corrected chi connectivity index (χ2v) is 5.43. The van der Waals surface area contributed by atoms with Crippen molar-refractivity contribution in [2.24, 2.45) is 11.8 Å². The van der Waals surface area contributed by atoms with Crippen LogP contribution < -0.4 is 5.32 Å². The molecule has 0 aliphatic heterocycles. The summed E-state index contributed by atoms with van der Waals surface area (Å²) in [7, 11) is 0. The molecule has 1 fully saturated rings. The van der Waals surface area contributed by atoms with E-state index in [-0.39, 0.29) is 0 Å². The zero-order chi connectivity index (χ0) is 12.5. The Hall–Kier alpha value is -1.65. The summed E-state index contributed by atoms with van der Waals surface area (Å²) in [6.07, 6.45) is 6.94. The Morgan fingerprint density at radius 1 is 1.17 bits per heavy atom. The van der Waals surface area contributed by atoms with E-state index in [4.69, 9.17) is 0 Å². The third kappa shape index (κ3) is 2.05. The van der Waals surface area contributed by atoms with Gasteiger partial charge >= 0.3 is 0 Å². The molecule has 3 rings (SSSR count). The van der Waals surface area contributed by atoms with Crippen LogP contribution in [0.1, 0.15) is 33.1 Å². The van der Waals surface area contributed by atoms with Gasteiger partial charge in [0.2, 0.25) is 0 Å². The van der Waals surface area contributed by atoms with Gasteiger partial charge in [0.15, 0.2) is 11.5 Å². The number of aromatic amines is 1. The Morgan fingerprint density at radius 3 is 2.89 bits per heavy atom. The fraction of sp³-hybridized carbons (Fsp3) is 0.615. The normalized spacial score (nSPS) is 28.4. The number of rotatable bonds is 2. The van der Waals surface area contributed by atoms with Crippen molar-refractivity contribution < 1.29 is 0 Å². The van der Waals surface area contributed by atoms with Crippen LogP contribution in [0.2, 0.25) is 0 Å². The van der Waals surface area contributed by atoms with Crippen LogP contribution in [0, 0.1) is 11.8 Å². The molecule has 2 aromatic rings. The molecule has 18 heavy (non-hydrogen) atoms. The molecule has 0 spiro atoms. The molecule has 3 atom stereocenters. The Labute approximate surface area is 106 Å². The number of aromatic nitrogens is 4. The van der Waals surface area contributed by atoms with Gasteiger partial charge in [-0.05, 0) is 31.1 Å². The lowest BCUT2D eigenvalue weighted by Crippen LogP contribution is -2.30. The zero-order valence-corrected chi connectivity index (χ0v) is 10.8. The van der Waals surface area contributed by atoms with Crippen LogP contribution in [0.15, 0.2) is 12.7 Å². The zero-order valence-electron chi connectivity index (χ0n) is 10.8. The van der Waals surface area contributed by atoms with Crippen molar-refractivity contribution in [1.29, 1.82) is 0 Å². The molecule has 2 heterocycles. The van der Waals surface area contributed by atoms with Crippen molar-refractivity contribution in [3.63, 3.8) is 0 Å². The first-order valence-corrected chi connectivity index (χ1v) is 6.64. The molecule has 2 aromatic heterocycles. The highest BCUT2D eigenvalue weighted by molar-refractivity contribution is 5.82. The predicted molar refractivity (Wildman–Crippen MR) is 71.3 cm³/mol. The molecule has 3 unspecified atom stereocenters. The quantitative estimate of drug-likeness (QED) is 0.853. The SMILES string of the molecule is CC1CCC(Nc2ncnc3nc[nH]c23)CC1C. The van der Waals surface area contributed by atoms with Gasteiger partial charge in [0.1, 0.15) is 11.8 Å². The summed E-state index contributed by atoms with van der Waals surface area (Å²) < 4.78 is 0. The number of anilines is 1. The molecule has 1 aliphatic carbocycles. The Kier molecular flexibility index (Phi) is 2.89. The summed E-state index contributed by atoms with van der Waals surface area (Å²) in [4.78, 5) is 15.7. The number of nitrogens with one attached hydrogen (secondary N) is 2. The molecule has 5 heteroatoms. The van der Waals surface area contributed by atoms with Crippen molar-refractivity contribution in [2.45, 2.75) is 39.2 Å².